The molecule has 1 aliphatic rings. The van der Waals surface area contributed by atoms with Gasteiger partial charge in [-0.1, -0.05) is 19.8 Å². The molecule has 0 aromatic rings. The average Bonchev–Trinajstić information content (AvgIpc) is 2.22. The third-order valence-electron chi connectivity index (χ3n) is 3.71. The molecule has 90 valence electrons. The first kappa shape index (κ1) is 12.9. The molecule has 0 aromatic carbocycles. The SMILES string of the molecule is CCC(C)(CCO)N[C@H]1CCCC[C@@H]1O. The summed E-state index contributed by atoms with van der Waals surface area (Å²) in [6.45, 7) is 4.46. The fraction of sp³-hybridized carbons (Fsp3) is 1.00. The Kier molecular flexibility index (Phi) is 5.03. The second-order valence-electron chi connectivity index (χ2n) is 4.99. The van der Waals surface area contributed by atoms with Crippen molar-refractivity contribution in [1.82, 2.24) is 5.32 Å². The zero-order valence-electron chi connectivity index (χ0n) is 10.00. The standard InChI is InChI=1S/C12H25NO2/c1-3-12(2,8-9-14)13-10-6-4-5-7-11(10)15/h10-11,13-15H,3-9H2,1-2H3/t10-,11-,12?/m0/s1. The topological polar surface area (TPSA) is 52.5 Å². The molecule has 3 nitrogen and oxygen atoms in total. The lowest BCUT2D eigenvalue weighted by Crippen LogP contribution is -2.53. The first-order chi connectivity index (χ1) is 7.11. The summed E-state index contributed by atoms with van der Waals surface area (Å²) < 4.78 is 0. The Bertz CT molecular complexity index is 186. The summed E-state index contributed by atoms with van der Waals surface area (Å²) in [5, 5.41) is 22.4. The van der Waals surface area contributed by atoms with Crippen LogP contribution >= 0.6 is 0 Å². The fourth-order valence-electron chi connectivity index (χ4n) is 2.33. The van der Waals surface area contributed by atoms with E-state index < -0.39 is 0 Å². The quantitative estimate of drug-likeness (QED) is 0.650. The minimum absolute atomic E-state index is 0.0300. The van der Waals surface area contributed by atoms with E-state index in [2.05, 4.69) is 19.2 Å². The second-order valence-corrected chi connectivity index (χ2v) is 4.99. The van der Waals surface area contributed by atoms with Gasteiger partial charge in [-0.25, -0.2) is 0 Å². The monoisotopic (exact) mass is 215 g/mol. The molecule has 0 radical (unpaired) electrons. The highest BCUT2D eigenvalue weighted by molar-refractivity contribution is 4.90. The van der Waals surface area contributed by atoms with E-state index in [0.717, 1.165) is 32.1 Å². The van der Waals surface area contributed by atoms with Gasteiger partial charge in [0.15, 0.2) is 0 Å². The summed E-state index contributed by atoms with van der Waals surface area (Å²) in [6.07, 6.45) is 5.85. The highest BCUT2D eigenvalue weighted by Crippen LogP contribution is 2.23. The molecule has 3 N–H and O–H groups in total. The maximum absolute atomic E-state index is 9.87. The van der Waals surface area contributed by atoms with Crippen LogP contribution in [0.4, 0.5) is 0 Å². The summed E-state index contributed by atoms with van der Waals surface area (Å²) in [4.78, 5) is 0. The van der Waals surface area contributed by atoms with E-state index in [-0.39, 0.29) is 24.3 Å². The summed E-state index contributed by atoms with van der Waals surface area (Å²) in [5.74, 6) is 0. The maximum atomic E-state index is 9.87. The van der Waals surface area contributed by atoms with Gasteiger partial charge < -0.3 is 15.5 Å². The zero-order valence-corrected chi connectivity index (χ0v) is 10.00. The van der Waals surface area contributed by atoms with Gasteiger partial charge in [-0.3, -0.25) is 0 Å². The van der Waals surface area contributed by atoms with Gasteiger partial charge in [0.05, 0.1) is 6.10 Å². The number of hydrogen-bond acceptors (Lipinski definition) is 3. The van der Waals surface area contributed by atoms with E-state index in [4.69, 9.17) is 5.11 Å². The van der Waals surface area contributed by atoms with Gasteiger partial charge >= 0.3 is 0 Å². The van der Waals surface area contributed by atoms with Crippen LogP contribution in [0.1, 0.15) is 52.4 Å². The van der Waals surface area contributed by atoms with Crippen LogP contribution in [-0.4, -0.2) is 34.5 Å². The number of hydrogen-bond donors (Lipinski definition) is 3. The molecule has 1 aliphatic carbocycles. The van der Waals surface area contributed by atoms with Crippen molar-refractivity contribution in [2.75, 3.05) is 6.61 Å². The van der Waals surface area contributed by atoms with Crippen LogP contribution in [0.3, 0.4) is 0 Å². The maximum Gasteiger partial charge on any atom is 0.0693 e. The predicted molar refractivity (Wildman–Crippen MR) is 61.8 cm³/mol. The number of aliphatic hydroxyl groups is 2. The van der Waals surface area contributed by atoms with Crippen molar-refractivity contribution < 1.29 is 10.2 Å². The van der Waals surface area contributed by atoms with Crippen LogP contribution < -0.4 is 5.32 Å². The lowest BCUT2D eigenvalue weighted by molar-refractivity contribution is 0.0672. The summed E-state index contributed by atoms with van der Waals surface area (Å²) in [7, 11) is 0. The first-order valence-corrected chi connectivity index (χ1v) is 6.18. The molecule has 0 heterocycles. The van der Waals surface area contributed by atoms with Gasteiger partial charge in [0.1, 0.15) is 0 Å². The molecule has 3 heteroatoms. The summed E-state index contributed by atoms with van der Waals surface area (Å²) >= 11 is 0. The molecule has 3 atom stereocenters. The Hall–Kier alpha value is -0.120. The van der Waals surface area contributed by atoms with E-state index in [1.165, 1.54) is 6.42 Å². The number of aliphatic hydroxyl groups excluding tert-OH is 2. The molecule has 1 unspecified atom stereocenters. The molecule has 0 spiro atoms. The van der Waals surface area contributed by atoms with Crippen molar-refractivity contribution in [3.05, 3.63) is 0 Å². The minimum Gasteiger partial charge on any atom is -0.396 e. The smallest absolute Gasteiger partial charge is 0.0693 e. The minimum atomic E-state index is -0.205. The second kappa shape index (κ2) is 5.83. The van der Waals surface area contributed by atoms with Crippen molar-refractivity contribution in [1.29, 1.82) is 0 Å². The average molecular weight is 215 g/mol. The van der Waals surface area contributed by atoms with E-state index >= 15 is 0 Å². The molecule has 0 bridgehead atoms. The van der Waals surface area contributed by atoms with Crippen LogP contribution in [0.15, 0.2) is 0 Å². The van der Waals surface area contributed by atoms with Gasteiger partial charge in [0.2, 0.25) is 0 Å². The highest BCUT2D eigenvalue weighted by atomic mass is 16.3. The van der Waals surface area contributed by atoms with Crippen LogP contribution in [0.25, 0.3) is 0 Å². The van der Waals surface area contributed by atoms with E-state index in [0.29, 0.717) is 0 Å². The highest BCUT2D eigenvalue weighted by Gasteiger charge is 2.30. The number of rotatable bonds is 5. The van der Waals surface area contributed by atoms with Crippen LogP contribution in [-0.2, 0) is 0 Å². The molecule has 0 aliphatic heterocycles. The van der Waals surface area contributed by atoms with Crippen LogP contribution in [0.2, 0.25) is 0 Å². The van der Waals surface area contributed by atoms with Crippen molar-refractivity contribution in [3.63, 3.8) is 0 Å². The fourth-order valence-corrected chi connectivity index (χ4v) is 2.33. The van der Waals surface area contributed by atoms with Crippen molar-refractivity contribution >= 4 is 0 Å². The Morgan fingerprint density at radius 1 is 1.33 bits per heavy atom. The Morgan fingerprint density at radius 3 is 2.53 bits per heavy atom. The van der Waals surface area contributed by atoms with Gasteiger partial charge in [0, 0.05) is 18.2 Å². The Balaban J connectivity index is 2.49. The molecular weight excluding hydrogens is 190 g/mol. The third kappa shape index (κ3) is 3.74. The molecule has 1 rings (SSSR count). The first-order valence-electron chi connectivity index (χ1n) is 6.18. The van der Waals surface area contributed by atoms with Crippen molar-refractivity contribution in [3.8, 4) is 0 Å². The predicted octanol–water partition coefficient (Wildman–Crippen LogP) is 1.43. The normalized spacial score (nSPS) is 31.2. The van der Waals surface area contributed by atoms with Crippen LogP contribution in [0.5, 0.6) is 0 Å². The molecule has 0 saturated heterocycles. The lowest BCUT2D eigenvalue weighted by atomic mass is 9.87. The number of nitrogens with one attached hydrogen (secondary N) is 1. The van der Waals surface area contributed by atoms with E-state index in [9.17, 15) is 5.11 Å². The molecule has 1 fully saturated rings. The zero-order chi connectivity index (χ0) is 11.3. The van der Waals surface area contributed by atoms with Crippen molar-refractivity contribution in [2.24, 2.45) is 0 Å². The Labute approximate surface area is 92.9 Å². The molecular formula is C12H25NO2. The van der Waals surface area contributed by atoms with Crippen molar-refractivity contribution in [2.45, 2.75) is 70.1 Å². The van der Waals surface area contributed by atoms with E-state index in [1.54, 1.807) is 0 Å². The molecule has 0 amide bonds. The summed E-state index contributed by atoms with van der Waals surface area (Å²) in [6, 6.07) is 0.218. The molecule has 1 saturated carbocycles. The van der Waals surface area contributed by atoms with Gasteiger partial charge in [-0.15, -0.1) is 0 Å². The van der Waals surface area contributed by atoms with Gasteiger partial charge in [-0.2, -0.15) is 0 Å². The third-order valence-corrected chi connectivity index (χ3v) is 3.71. The van der Waals surface area contributed by atoms with Gasteiger partial charge in [0.25, 0.3) is 0 Å². The summed E-state index contributed by atoms with van der Waals surface area (Å²) in [5.41, 5.74) is -0.0300. The molecule has 0 aromatic heterocycles. The van der Waals surface area contributed by atoms with Crippen LogP contribution in [0, 0.1) is 0 Å². The van der Waals surface area contributed by atoms with Gasteiger partial charge in [-0.05, 0) is 32.6 Å². The van der Waals surface area contributed by atoms with E-state index in [1.807, 2.05) is 0 Å². The molecule has 15 heavy (non-hydrogen) atoms. The lowest BCUT2D eigenvalue weighted by Gasteiger charge is -2.38. The largest absolute Gasteiger partial charge is 0.396 e. The Morgan fingerprint density at radius 2 is 2.00 bits per heavy atom.